The van der Waals surface area contributed by atoms with Gasteiger partial charge in [-0.3, -0.25) is 4.40 Å². The van der Waals surface area contributed by atoms with Gasteiger partial charge in [0.1, 0.15) is 5.58 Å². The summed E-state index contributed by atoms with van der Waals surface area (Å²) in [5.41, 5.74) is 10.8. The maximum Gasteiger partial charge on any atom is 0.213 e. The monoisotopic (exact) mass is 665 g/mol. The second-order valence-electron chi connectivity index (χ2n) is 13.4. The number of hydrogen-bond donors (Lipinski definition) is 0. The van der Waals surface area contributed by atoms with Crippen LogP contribution in [-0.4, -0.2) is 4.40 Å². The molecule has 0 spiro atoms. The van der Waals surface area contributed by atoms with Gasteiger partial charge in [-0.05, 0) is 102 Å². The number of para-hydroxylation sites is 5. The Morgan fingerprint density at radius 1 is 0.385 bits per heavy atom. The minimum atomic E-state index is 0.880. The average molecular weight is 666 g/mol. The van der Waals surface area contributed by atoms with Gasteiger partial charge in [0.25, 0.3) is 0 Å². The fourth-order valence-electron chi connectivity index (χ4n) is 8.23. The van der Waals surface area contributed by atoms with Crippen LogP contribution in [-0.2, 0) is 0 Å². The fraction of sp³-hybridized carbons (Fsp3) is 0. The molecule has 0 unspecified atom stereocenters. The van der Waals surface area contributed by atoms with E-state index in [1.54, 1.807) is 0 Å². The molecule has 0 saturated carbocycles. The van der Waals surface area contributed by atoms with Gasteiger partial charge in [0.05, 0.1) is 22.1 Å². The minimum Gasteiger partial charge on any atom is -0.439 e. The highest BCUT2D eigenvalue weighted by Crippen LogP contribution is 2.49. The average Bonchev–Trinajstić information content (AvgIpc) is 3.85. The van der Waals surface area contributed by atoms with E-state index in [-0.39, 0.29) is 0 Å². The zero-order chi connectivity index (χ0) is 34.2. The molecule has 3 heterocycles. The van der Waals surface area contributed by atoms with Crippen LogP contribution in [0.3, 0.4) is 0 Å². The van der Waals surface area contributed by atoms with Gasteiger partial charge in [-0.15, -0.1) is 0 Å². The lowest BCUT2D eigenvalue weighted by Gasteiger charge is -2.26. The molecule has 0 aliphatic heterocycles. The Morgan fingerprint density at radius 3 is 1.60 bits per heavy atom. The molecule has 0 aliphatic carbocycles. The number of nitrogens with zero attached hydrogens (tertiary/aromatic N) is 3. The van der Waals surface area contributed by atoms with Gasteiger partial charge in [-0.2, -0.15) is 0 Å². The van der Waals surface area contributed by atoms with Gasteiger partial charge in [0.2, 0.25) is 5.71 Å². The number of anilines is 6. The third kappa shape index (κ3) is 4.21. The molecule has 0 aliphatic rings. The van der Waals surface area contributed by atoms with Crippen molar-refractivity contribution in [2.45, 2.75) is 0 Å². The Hall–Kier alpha value is -7.04. The van der Waals surface area contributed by atoms with E-state index in [1.165, 1.54) is 27.1 Å². The van der Waals surface area contributed by atoms with Crippen LogP contribution in [0.15, 0.2) is 192 Å². The standard InChI is InChI=1S/C48H31N3O/c1-5-15-34(16-6-1)49(35-17-7-2-8-18-35)38-26-25-32-31-44-41(30-33(32)29-38)45-40-27-28-43(50(36-19-9-3-10-20-36)37-21-11-4-12-22-37)46-39-23-13-14-24-42(39)51(47(40)46)48(45)52-44/h1-31H. The first-order chi connectivity index (χ1) is 25.8. The van der Waals surface area contributed by atoms with Gasteiger partial charge < -0.3 is 14.2 Å². The van der Waals surface area contributed by atoms with Crippen molar-refractivity contribution >= 4 is 94.2 Å². The van der Waals surface area contributed by atoms with E-state index >= 15 is 0 Å². The Bertz CT molecular complexity index is 2980. The smallest absolute Gasteiger partial charge is 0.213 e. The first-order valence-electron chi connectivity index (χ1n) is 17.7. The third-order valence-corrected chi connectivity index (χ3v) is 10.4. The lowest BCUT2D eigenvalue weighted by molar-refractivity contribution is 0.652. The summed E-state index contributed by atoms with van der Waals surface area (Å²) < 4.78 is 9.23. The minimum absolute atomic E-state index is 0.880. The molecule has 11 rings (SSSR count). The SMILES string of the molecule is c1ccc(N(c2ccccc2)c2ccc3cc4oc5c(c4cc3c2)c2ccc(N(c3ccccc3)c3ccccc3)c3c4ccccc4n5c23)cc1. The van der Waals surface area contributed by atoms with Gasteiger partial charge in [0.15, 0.2) is 0 Å². The topological polar surface area (TPSA) is 24.0 Å². The summed E-state index contributed by atoms with van der Waals surface area (Å²) in [7, 11) is 0. The van der Waals surface area contributed by atoms with Crippen molar-refractivity contribution in [2.24, 2.45) is 0 Å². The van der Waals surface area contributed by atoms with Crippen molar-refractivity contribution in [3.05, 3.63) is 188 Å². The Labute approximate surface area is 299 Å². The summed E-state index contributed by atoms with van der Waals surface area (Å²) in [6.45, 7) is 0. The van der Waals surface area contributed by atoms with Gasteiger partial charge in [-0.1, -0.05) is 97.1 Å². The molecule has 0 saturated heterocycles. The molecule has 8 aromatic carbocycles. The molecule has 4 nitrogen and oxygen atoms in total. The molecule has 52 heavy (non-hydrogen) atoms. The zero-order valence-electron chi connectivity index (χ0n) is 28.1. The van der Waals surface area contributed by atoms with Crippen molar-refractivity contribution in [3.63, 3.8) is 0 Å². The van der Waals surface area contributed by atoms with E-state index in [1.807, 2.05) is 0 Å². The van der Waals surface area contributed by atoms with Crippen LogP contribution >= 0.6 is 0 Å². The quantitative estimate of drug-likeness (QED) is 0.177. The fourth-order valence-corrected chi connectivity index (χ4v) is 8.23. The first kappa shape index (κ1) is 28.8. The first-order valence-corrected chi connectivity index (χ1v) is 17.7. The van der Waals surface area contributed by atoms with Crippen LogP contribution in [0.1, 0.15) is 0 Å². The summed E-state index contributed by atoms with van der Waals surface area (Å²) in [5.74, 6) is 0. The predicted molar refractivity (Wildman–Crippen MR) is 218 cm³/mol. The van der Waals surface area contributed by atoms with Gasteiger partial charge in [0, 0.05) is 50.0 Å². The van der Waals surface area contributed by atoms with E-state index in [0.717, 1.165) is 67.1 Å². The maximum absolute atomic E-state index is 6.88. The molecular weight excluding hydrogens is 635 g/mol. The Kier molecular flexibility index (Phi) is 6.22. The molecule has 0 radical (unpaired) electrons. The zero-order valence-corrected chi connectivity index (χ0v) is 28.1. The summed E-state index contributed by atoms with van der Waals surface area (Å²) >= 11 is 0. The van der Waals surface area contributed by atoms with E-state index < -0.39 is 0 Å². The number of rotatable bonds is 6. The van der Waals surface area contributed by atoms with Crippen molar-refractivity contribution in [2.75, 3.05) is 9.80 Å². The van der Waals surface area contributed by atoms with Crippen LogP contribution in [0, 0.1) is 0 Å². The molecule has 4 heteroatoms. The van der Waals surface area contributed by atoms with Gasteiger partial charge in [-0.25, -0.2) is 0 Å². The van der Waals surface area contributed by atoms with E-state index in [9.17, 15) is 0 Å². The molecule has 244 valence electrons. The number of fused-ring (bicyclic) bond motifs is 9. The number of hydrogen-bond acceptors (Lipinski definition) is 3. The van der Waals surface area contributed by atoms with Crippen molar-refractivity contribution in [1.82, 2.24) is 4.40 Å². The summed E-state index contributed by atoms with van der Waals surface area (Å²) in [6, 6.07) is 66.9. The second-order valence-corrected chi connectivity index (χ2v) is 13.4. The molecule has 0 bridgehead atoms. The Balaban J connectivity index is 1.17. The predicted octanol–water partition coefficient (Wildman–Crippen LogP) is 13.7. The van der Waals surface area contributed by atoms with Crippen LogP contribution in [0.25, 0.3) is 60.0 Å². The molecular formula is C48H31N3O. The highest BCUT2D eigenvalue weighted by molar-refractivity contribution is 6.31. The molecule has 3 aromatic heterocycles. The third-order valence-electron chi connectivity index (χ3n) is 10.4. The highest BCUT2D eigenvalue weighted by Gasteiger charge is 2.26. The molecule has 0 N–H and O–H groups in total. The van der Waals surface area contributed by atoms with Crippen molar-refractivity contribution in [1.29, 1.82) is 0 Å². The van der Waals surface area contributed by atoms with Crippen molar-refractivity contribution in [3.8, 4) is 0 Å². The molecule has 0 amide bonds. The number of furan rings is 1. The summed E-state index contributed by atoms with van der Waals surface area (Å²) in [5, 5.41) is 8.18. The van der Waals surface area contributed by atoms with Crippen LogP contribution < -0.4 is 9.80 Å². The van der Waals surface area contributed by atoms with E-state index in [0.29, 0.717) is 0 Å². The van der Waals surface area contributed by atoms with Crippen LogP contribution in [0.4, 0.5) is 34.1 Å². The summed E-state index contributed by atoms with van der Waals surface area (Å²) in [4.78, 5) is 4.68. The van der Waals surface area contributed by atoms with Crippen molar-refractivity contribution < 1.29 is 4.42 Å². The second kappa shape index (κ2) is 11.2. The van der Waals surface area contributed by atoms with Gasteiger partial charge >= 0.3 is 0 Å². The Morgan fingerprint density at radius 2 is 0.962 bits per heavy atom. The van der Waals surface area contributed by atoms with E-state index in [4.69, 9.17) is 4.42 Å². The van der Waals surface area contributed by atoms with E-state index in [2.05, 4.69) is 202 Å². The van der Waals surface area contributed by atoms with Crippen LogP contribution in [0.5, 0.6) is 0 Å². The number of aromatic nitrogens is 1. The molecule has 0 fully saturated rings. The van der Waals surface area contributed by atoms with Crippen LogP contribution in [0.2, 0.25) is 0 Å². The highest BCUT2D eigenvalue weighted by atomic mass is 16.3. The number of benzene rings is 8. The largest absolute Gasteiger partial charge is 0.439 e. The lowest BCUT2D eigenvalue weighted by atomic mass is 10.0. The lowest BCUT2D eigenvalue weighted by Crippen LogP contribution is -2.10. The normalized spacial score (nSPS) is 11.8. The molecule has 11 aromatic rings. The maximum atomic E-state index is 6.88. The molecule has 0 atom stereocenters. The summed E-state index contributed by atoms with van der Waals surface area (Å²) in [6.07, 6.45) is 0.